The van der Waals surface area contributed by atoms with Gasteiger partial charge in [0.15, 0.2) is 0 Å². The van der Waals surface area contributed by atoms with E-state index in [-0.39, 0.29) is 10.9 Å². The van der Waals surface area contributed by atoms with Crippen LogP contribution in [0.1, 0.15) is 13.8 Å². The summed E-state index contributed by atoms with van der Waals surface area (Å²) >= 11 is 0. The first-order valence-corrected chi connectivity index (χ1v) is 6.92. The van der Waals surface area contributed by atoms with Crippen LogP contribution in [0.3, 0.4) is 0 Å². The Balaban J connectivity index is 0.000000486. The largest absolute Gasteiger partial charge is 0.490 e. The average Bonchev–Trinajstić information content (AvgIpc) is 2.26. The van der Waals surface area contributed by atoms with Crippen molar-refractivity contribution in [1.29, 1.82) is 0 Å². The lowest BCUT2D eigenvalue weighted by Crippen LogP contribution is -2.30. The highest BCUT2D eigenvalue weighted by atomic mass is 32.2. The molecule has 120 valence electrons. The fourth-order valence-corrected chi connectivity index (χ4v) is 2.29. The Morgan fingerprint density at radius 1 is 1.29 bits per heavy atom. The highest BCUT2D eigenvalue weighted by Gasteiger charge is 2.38. The lowest BCUT2D eigenvalue weighted by atomic mass is 10.4. The van der Waals surface area contributed by atoms with Crippen molar-refractivity contribution in [2.24, 2.45) is 0 Å². The summed E-state index contributed by atoms with van der Waals surface area (Å²) in [6.45, 7) is 3.41. The summed E-state index contributed by atoms with van der Waals surface area (Å²) in [7, 11) is -3.57. The molecule has 0 aliphatic heterocycles. The number of rotatable bonds is 3. The molecule has 0 spiro atoms. The molecule has 0 unspecified atom stereocenters. The molecule has 1 rings (SSSR count). The normalized spacial score (nSPS) is 11.8. The summed E-state index contributed by atoms with van der Waals surface area (Å²) in [4.78, 5) is 8.85. The second-order valence-corrected chi connectivity index (χ2v) is 5.75. The number of carbonyl (C=O) groups is 1. The van der Waals surface area contributed by atoms with Crippen LogP contribution in [0.5, 0.6) is 0 Å². The van der Waals surface area contributed by atoms with E-state index in [9.17, 15) is 26.0 Å². The first-order valence-electron chi connectivity index (χ1n) is 5.44. The minimum absolute atomic E-state index is 0.0498. The average molecular weight is 331 g/mol. The Kier molecular flexibility index (Phi) is 6.77. The number of halogens is 4. The van der Waals surface area contributed by atoms with E-state index in [1.165, 1.54) is 18.2 Å². The molecule has 0 aromatic heterocycles. The van der Waals surface area contributed by atoms with Crippen molar-refractivity contribution in [2.45, 2.75) is 31.0 Å². The Labute approximate surface area is 118 Å². The molecular formula is C11H13F4NO4S. The lowest BCUT2D eigenvalue weighted by molar-refractivity contribution is -0.192. The number of benzene rings is 1. The van der Waals surface area contributed by atoms with Gasteiger partial charge in [-0.1, -0.05) is 6.07 Å². The third kappa shape index (κ3) is 7.61. The molecule has 1 aromatic carbocycles. The zero-order valence-corrected chi connectivity index (χ0v) is 11.8. The summed E-state index contributed by atoms with van der Waals surface area (Å²) in [5, 5.41) is 7.12. The summed E-state index contributed by atoms with van der Waals surface area (Å²) in [6.07, 6.45) is -5.08. The molecular weight excluding hydrogens is 318 g/mol. The quantitative estimate of drug-likeness (QED) is 0.831. The molecule has 2 N–H and O–H groups in total. The third-order valence-corrected chi connectivity index (χ3v) is 3.40. The van der Waals surface area contributed by atoms with Gasteiger partial charge in [-0.05, 0) is 32.0 Å². The third-order valence-electron chi connectivity index (χ3n) is 1.74. The first-order chi connectivity index (χ1) is 9.36. The van der Waals surface area contributed by atoms with Gasteiger partial charge in [-0.15, -0.1) is 0 Å². The molecule has 0 aliphatic rings. The van der Waals surface area contributed by atoms with Gasteiger partial charge in [-0.2, -0.15) is 13.2 Å². The number of carboxylic acids is 1. The van der Waals surface area contributed by atoms with Gasteiger partial charge in [0, 0.05) is 6.04 Å². The van der Waals surface area contributed by atoms with Crippen LogP contribution in [0, 0.1) is 5.82 Å². The molecule has 5 nitrogen and oxygen atoms in total. The molecule has 0 saturated carbocycles. The van der Waals surface area contributed by atoms with Crippen LogP contribution in [-0.2, 0) is 14.8 Å². The first kappa shape index (κ1) is 19.3. The van der Waals surface area contributed by atoms with Crippen molar-refractivity contribution >= 4 is 16.0 Å². The fourth-order valence-electron chi connectivity index (χ4n) is 1.01. The van der Waals surface area contributed by atoms with Gasteiger partial charge < -0.3 is 5.11 Å². The van der Waals surface area contributed by atoms with Crippen molar-refractivity contribution < 1.29 is 35.9 Å². The zero-order chi connectivity index (χ0) is 16.8. The van der Waals surface area contributed by atoms with E-state index in [4.69, 9.17) is 9.90 Å². The Morgan fingerprint density at radius 2 is 1.76 bits per heavy atom. The molecule has 0 amide bonds. The van der Waals surface area contributed by atoms with E-state index in [2.05, 4.69) is 4.72 Å². The van der Waals surface area contributed by atoms with Crippen LogP contribution in [0.2, 0.25) is 0 Å². The second kappa shape index (κ2) is 7.36. The molecule has 0 aliphatic carbocycles. The molecule has 10 heteroatoms. The van der Waals surface area contributed by atoms with Gasteiger partial charge in [0.25, 0.3) is 0 Å². The van der Waals surface area contributed by atoms with Crippen molar-refractivity contribution in [1.82, 2.24) is 4.72 Å². The summed E-state index contributed by atoms with van der Waals surface area (Å²) in [5.74, 6) is -3.32. The molecule has 0 heterocycles. The summed E-state index contributed by atoms with van der Waals surface area (Å²) < 4.78 is 69.9. The fraction of sp³-hybridized carbons (Fsp3) is 0.364. The van der Waals surface area contributed by atoms with Crippen molar-refractivity contribution in [3.8, 4) is 0 Å². The van der Waals surface area contributed by atoms with E-state index in [1.54, 1.807) is 13.8 Å². The van der Waals surface area contributed by atoms with Gasteiger partial charge in [-0.3, -0.25) is 0 Å². The molecule has 0 atom stereocenters. The highest BCUT2D eigenvalue weighted by molar-refractivity contribution is 7.89. The smallest absolute Gasteiger partial charge is 0.475 e. The molecule has 0 bridgehead atoms. The monoisotopic (exact) mass is 331 g/mol. The van der Waals surface area contributed by atoms with Crippen molar-refractivity contribution in [3.05, 3.63) is 30.1 Å². The number of hydrogen-bond donors (Lipinski definition) is 2. The van der Waals surface area contributed by atoms with Crippen molar-refractivity contribution in [2.75, 3.05) is 0 Å². The predicted molar refractivity (Wildman–Crippen MR) is 65.5 cm³/mol. The van der Waals surface area contributed by atoms with Gasteiger partial charge in [0.1, 0.15) is 5.82 Å². The lowest BCUT2D eigenvalue weighted by Gasteiger charge is -2.08. The molecule has 0 radical (unpaired) electrons. The molecule has 1 aromatic rings. The molecule has 21 heavy (non-hydrogen) atoms. The van der Waals surface area contributed by atoms with Crippen LogP contribution < -0.4 is 4.72 Å². The second-order valence-electron chi connectivity index (χ2n) is 4.04. The Hall–Kier alpha value is -1.68. The van der Waals surface area contributed by atoms with Crippen LogP contribution in [0.15, 0.2) is 29.2 Å². The van der Waals surface area contributed by atoms with Crippen LogP contribution in [0.25, 0.3) is 0 Å². The van der Waals surface area contributed by atoms with Gasteiger partial charge in [0.05, 0.1) is 4.90 Å². The zero-order valence-electron chi connectivity index (χ0n) is 11.0. The number of carboxylic acid groups (broad SMARTS) is 1. The van der Waals surface area contributed by atoms with E-state index in [1.807, 2.05) is 0 Å². The molecule has 0 saturated heterocycles. The standard InChI is InChI=1S/C9H12FNO2S.C2HF3O2/c1-7(2)11-14(12,13)9-5-3-4-8(10)6-9;3-2(4,5)1(6)7/h3-7,11H,1-2H3;(H,6,7). The number of sulfonamides is 1. The summed E-state index contributed by atoms with van der Waals surface area (Å²) in [6, 6.07) is 4.71. The van der Waals surface area contributed by atoms with Gasteiger partial charge in [0.2, 0.25) is 10.0 Å². The number of alkyl halides is 3. The minimum atomic E-state index is -5.08. The van der Waals surface area contributed by atoms with E-state index >= 15 is 0 Å². The Bertz CT molecular complexity index is 584. The maximum absolute atomic E-state index is 12.7. The van der Waals surface area contributed by atoms with E-state index in [0.717, 1.165) is 6.07 Å². The number of hydrogen-bond acceptors (Lipinski definition) is 3. The SMILES string of the molecule is CC(C)NS(=O)(=O)c1cccc(F)c1.O=C(O)C(F)(F)F. The van der Waals surface area contributed by atoms with Gasteiger partial charge >= 0.3 is 12.1 Å². The van der Waals surface area contributed by atoms with Crippen LogP contribution >= 0.6 is 0 Å². The molecule has 0 fully saturated rings. The summed E-state index contributed by atoms with van der Waals surface area (Å²) in [5.41, 5.74) is 0. The van der Waals surface area contributed by atoms with Crippen LogP contribution in [-0.4, -0.2) is 31.7 Å². The number of nitrogens with one attached hydrogen (secondary N) is 1. The van der Waals surface area contributed by atoms with Gasteiger partial charge in [-0.25, -0.2) is 22.3 Å². The number of aliphatic carboxylic acids is 1. The highest BCUT2D eigenvalue weighted by Crippen LogP contribution is 2.13. The van der Waals surface area contributed by atoms with Crippen molar-refractivity contribution in [3.63, 3.8) is 0 Å². The topological polar surface area (TPSA) is 83.5 Å². The predicted octanol–water partition coefficient (Wildman–Crippen LogP) is 2.15. The Morgan fingerprint density at radius 3 is 2.10 bits per heavy atom. The van der Waals surface area contributed by atoms with Crippen LogP contribution in [0.4, 0.5) is 17.6 Å². The minimum Gasteiger partial charge on any atom is -0.475 e. The maximum Gasteiger partial charge on any atom is 0.490 e. The van der Waals surface area contributed by atoms with E-state index < -0.39 is 28.0 Å². The maximum atomic E-state index is 12.7. The van der Waals surface area contributed by atoms with E-state index in [0.29, 0.717) is 0 Å².